The molecular formula is C21H31N5O5. The van der Waals surface area contributed by atoms with Gasteiger partial charge in [0.15, 0.2) is 11.6 Å². The van der Waals surface area contributed by atoms with Crippen molar-refractivity contribution in [2.75, 3.05) is 19.8 Å². The van der Waals surface area contributed by atoms with Crippen molar-refractivity contribution >= 4 is 23.6 Å². The van der Waals surface area contributed by atoms with E-state index in [1.807, 2.05) is 13.8 Å². The standard InChI is InChI=1S/C21H31N5O5/c1-4-31-21(29)24-17(13(2)3)20(28)26-11-5-6-16(26)18(27)14-7-9-15(10-8-14)19(25-30)23-12-22/h7-10,13,16-17,30H,4-6,11-12,22H2,1-3H3,(H,23,25)(H,24,29)/t16-,17+/m0/s1. The fourth-order valence-electron chi connectivity index (χ4n) is 3.57. The van der Waals surface area contributed by atoms with E-state index in [9.17, 15) is 14.4 Å². The molecule has 1 fully saturated rings. The number of nitrogens with zero attached hydrogens (tertiary/aromatic N) is 2. The third-order valence-corrected chi connectivity index (χ3v) is 5.13. The molecule has 2 amide bonds. The van der Waals surface area contributed by atoms with Gasteiger partial charge in [0.25, 0.3) is 0 Å². The van der Waals surface area contributed by atoms with Gasteiger partial charge < -0.3 is 31.2 Å². The Hall–Kier alpha value is -3.14. The Morgan fingerprint density at radius 2 is 1.90 bits per heavy atom. The molecule has 5 N–H and O–H groups in total. The first kappa shape index (κ1) is 24.1. The number of ketones is 1. The van der Waals surface area contributed by atoms with Gasteiger partial charge in [-0.15, -0.1) is 0 Å². The monoisotopic (exact) mass is 433 g/mol. The second-order valence-electron chi connectivity index (χ2n) is 7.55. The lowest BCUT2D eigenvalue weighted by Gasteiger charge is -2.30. The van der Waals surface area contributed by atoms with Crippen molar-refractivity contribution in [1.82, 2.24) is 15.5 Å². The molecule has 0 unspecified atom stereocenters. The fraction of sp³-hybridized carbons (Fsp3) is 0.524. The summed E-state index contributed by atoms with van der Waals surface area (Å²) in [6.45, 7) is 6.09. The van der Waals surface area contributed by atoms with Crippen LogP contribution in [0.2, 0.25) is 0 Å². The van der Waals surface area contributed by atoms with Crippen molar-refractivity contribution in [3.05, 3.63) is 35.4 Å². The highest BCUT2D eigenvalue weighted by Gasteiger charge is 2.39. The topological polar surface area (TPSA) is 146 Å². The number of likely N-dealkylation sites (tertiary alicyclic amines) is 1. The highest BCUT2D eigenvalue weighted by Crippen LogP contribution is 2.24. The highest BCUT2D eigenvalue weighted by atomic mass is 16.5. The molecular weight excluding hydrogens is 402 g/mol. The summed E-state index contributed by atoms with van der Waals surface area (Å²) in [7, 11) is 0. The zero-order valence-corrected chi connectivity index (χ0v) is 18.1. The van der Waals surface area contributed by atoms with Crippen molar-refractivity contribution in [3.63, 3.8) is 0 Å². The molecule has 170 valence electrons. The van der Waals surface area contributed by atoms with Crippen LogP contribution in [0.1, 0.15) is 49.5 Å². The van der Waals surface area contributed by atoms with Gasteiger partial charge in [0.05, 0.1) is 19.3 Å². The molecule has 1 heterocycles. The number of benzene rings is 1. The SMILES string of the molecule is CCOC(=O)N[C@@H](C(=O)N1CCC[C@H]1C(=O)c1ccc(C(=NO)NCN)cc1)C(C)C. The average Bonchev–Trinajstić information content (AvgIpc) is 3.25. The molecule has 1 aromatic carbocycles. The van der Waals surface area contributed by atoms with Gasteiger partial charge in [0.2, 0.25) is 5.91 Å². The van der Waals surface area contributed by atoms with E-state index in [2.05, 4.69) is 15.8 Å². The first-order valence-corrected chi connectivity index (χ1v) is 10.4. The number of nitrogens with one attached hydrogen (secondary N) is 2. The summed E-state index contributed by atoms with van der Waals surface area (Å²) >= 11 is 0. The number of amides is 2. The molecule has 0 bridgehead atoms. The maximum Gasteiger partial charge on any atom is 0.407 e. The van der Waals surface area contributed by atoms with Gasteiger partial charge in [-0.3, -0.25) is 9.59 Å². The summed E-state index contributed by atoms with van der Waals surface area (Å²) in [6, 6.07) is 5.16. The quantitative estimate of drug-likeness (QED) is 0.121. The lowest BCUT2D eigenvalue weighted by molar-refractivity contribution is -0.134. The summed E-state index contributed by atoms with van der Waals surface area (Å²) in [4.78, 5) is 39.7. The summed E-state index contributed by atoms with van der Waals surface area (Å²) in [6.07, 6.45) is 0.598. The molecule has 1 aliphatic rings. The van der Waals surface area contributed by atoms with Crippen molar-refractivity contribution in [2.45, 2.75) is 45.7 Å². The number of ether oxygens (including phenoxy) is 1. The van der Waals surface area contributed by atoms with Gasteiger partial charge in [-0.1, -0.05) is 43.3 Å². The molecule has 1 saturated heterocycles. The maximum atomic E-state index is 13.2. The van der Waals surface area contributed by atoms with Crippen LogP contribution in [0.4, 0.5) is 4.79 Å². The van der Waals surface area contributed by atoms with E-state index in [-0.39, 0.29) is 36.7 Å². The van der Waals surface area contributed by atoms with Crippen LogP contribution in [0.25, 0.3) is 0 Å². The van der Waals surface area contributed by atoms with Gasteiger partial charge in [-0.25, -0.2) is 4.79 Å². The van der Waals surface area contributed by atoms with Crippen molar-refractivity contribution in [1.29, 1.82) is 0 Å². The number of rotatable bonds is 8. The van der Waals surface area contributed by atoms with Gasteiger partial charge in [-0.2, -0.15) is 0 Å². The Labute approximate surface area is 181 Å². The molecule has 0 radical (unpaired) electrons. The molecule has 2 rings (SSSR count). The van der Waals surface area contributed by atoms with Crippen LogP contribution < -0.4 is 16.4 Å². The third-order valence-electron chi connectivity index (χ3n) is 5.13. The predicted octanol–water partition coefficient (Wildman–Crippen LogP) is 1.27. The molecule has 31 heavy (non-hydrogen) atoms. The number of amidine groups is 1. The second-order valence-corrected chi connectivity index (χ2v) is 7.55. The molecule has 1 aliphatic heterocycles. The molecule has 0 aliphatic carbocycles. The first-order valence-electron chi connectivity index (χ1n) is 10.4. The molecule has 0 aromatic heterocycles. The van der Waals surface area contributed by atoms with E-state index in [4.69, 9.17) is 15.7 Å². The third kappa shape index (κ3) is 5.94. The van der Waals surface area contributed by atoms with E-state index in [0.717, 1.165) is 0 Å². The Balaban J connectivity index is 2.17. The molecule has 10 heteroatoms. The first-order chi connectivity index (χ1) is 14.8. The van der Waals surface area contributed by atoms with Crippen molar-refractivity contribution < 1.29 is 24.3 Å². The normalized spacial score (nSPS) is 17.4. The molecule has 2 atom stereocenters. The Bertz CT molecular complexity index is 809. The summed E-state index contributed by atoms with van der Waals surface area (Å²) < 4.78 is 4.91. The number of carbonyl (C=O) groups is 3. The summed E-state index contributed by atoms with van der Waals surface area (Å²) in [5.41, 5.74) is 6.42. The minimum absolute atomic E-state index is 0.0933. The Kier molecular flexibility index (Phi) is 8.80. The second kappa shape index (κ2) is 11.3. The number of hydrogen-bond donors (Lipinski definition) is 4. The van der Waals surface area contributed by atoms with Crippen molar-refractivity contribution in [2.24, 2.45) is 16.8 Å². The number of alkyl carbamates (subject to hydrolysis) is 1. The van der Waals surface area contributed by atoms with E-state index in [1.165, 1.54) is 0 Å². The molecule has 0 spiro atoms. The highest BCUT2D eigenvalue weighted by molar-refractivity contribution is 6.04. The lowest BCUT2D eigenvalue weighted by atomic mass is 9.98. The van der Waals surface area contributed by atoms with Crippen LogP contribution in [0.15, 0.2) is 29.4 Å². The van der Waals surface area contributed by atoms with E-state index in [1.54, 1.807) is 36.1 Å². The maximum absolute atomic E-state index is 13.2. The minimum atomic E-state index is -0.777. The summed E-state index contributed by atoms with van der Waals surface area (Å²) in [5, 5.41) is 17.6. The van der Waals surface area contributed by atoms with E-state index < -0.39 is 18.2 Å². The van der Waals surface area contributed by atoms with Crippen LogP contribution >= 0.6 is 0 Å². The van der Waals surface area contributed by atoms with E-state index >= 15 is 0 Å². The summed E-state index contributed by atoms with van der Waals surface area (Å²) in [5.74, 6) is -0.439. The van der Waals surface area contributed by atoms with Gasteiger partial charge in [0.1, 0.15) is 6.04 Å². The van der Waals surface area contributed by atoms with Crippen molar-refractivity contribution in [3.8, 4) is 0 Å². The molecule has 0 saturated carbocycles. The van der Waals surface area contributed by atoms with Crippen LogP contribution in [0.5, 0.6) is 0 Å². The van der Waals surface area contributed by atoms with Crippen LogP contribution in [0.3, 0.4) is 0 Å². The molecule has 1 aromatic rings. The van der Waals surface area contributed by atoms with Crippen LogP contribution in [-0.4, -0.2) is 65.6 Å². The minimum Gasteiger partial charge on any atom is -0.450 e. The number of Topliss-reactive ketones (excluding diaryl/α,β-unsaturated/α-hetero) is 1. The number of hydrogen-bond acceptors (Lipinski definition) is 7. The van der Waals surface area contributed by atoms with Crippen LogP contribution in [-0.2, 0) is 9.53 Å². The smallest absolute Gasteiger partial charge is 0.407 e. The van der Waals surface area contributed by atoms with Crippen LogP contribution in [0, 0.1) is 5.92 Å². The Morgan fingerprint density at radius 1 is 1.26 bits per heavy atom. The van der Waals surface area contributed by atoms with Gasteiger partial charge in [-0.05, 0) is 25.7 Å². The number of nitrogens with two attached hydrogens (primary N) is 1. The zero-order valence-electron chi connectivity index (χ0n) is 18.1. The van der Waals surface area contributed by atoms with Gasteiger partial charge >= 0.3 is 6.09 Å². The average molecular weight is 434 g/mol. The largest absolute Gasteiger partial charge is 0.450 e. The number of oxime groups is 1. The lowest BCUT2D eigenvalue weighted by Crippen LogP contribution is -2.53. The zero-order chi connectivity index (χ0) is 23.0. The fourth-order valence-corrected chi connectivity index (χ4v) is 3.57. The van der Waals surface area contributed by atoms with Gasteiger partial charge in [0, 0.05) is 17.7 Å². The van der Waals surface area contributed by atoms with E-state index in [0.29, 0.717) is 30.5 Å². The number of carbonyl (C=O) groups excluding carboxylic acids is 3. The molecule has 10 nitrogen and oxygen atoms in total. The predicted molar refractivity (Wildman–Crippen MR) is 115 cm³/mol. The Morgan fingerprint density at radius 3 is 2.45 bits per heavy atom.